The van der Waals surface area contributed by atoms with E-state index in [0.717, 1.165) is 10.9 Å². The maximum absolute atomic E-state index is 12.9. The van der Waals surface area contributed by atoms with Crippen molar-refractivity contribution in [2.45, 2.75) is 19.3 Å². The molecule has 0 aliphatic rings. The predicted octanol–water partition coefficient (Wildman–Crippen LogP) is 3.20. The van der Waals surface area contributed by atoms with E-state index in [-0.39, 0.29) is 18.9 Å². The van der Waals surface area contributed by atoms with Crippen molar-refractivity contribution in [1.29, 1.82) is 0 Å². The highest BCUT2D eigenvalue weighted by Crippen LogP contribution is 2.37. The molecule has 0 spiro atoms. The average Bonchev–Trinajstić information content (AvgIpc) is 2.88. The van der Waals surface area contributed by atoms with E-state index < -0.39 is 11.7 Å². The third kappa shape index (κ3) is 3.45. The Morgan fingerprint density at radius 1 is 1.32 bits per heavy atom. The van der Waals surface area contributed by atoms with E-state index in [1.807, 2.05) is 0 Å². The molecule has 102 valence electrons. The Balaban J connectivity index is 2.23. The maximum atomic E-state index is 12.9. The van der Waals surface area contributed by atoms with Crippen LogP contribution >= 0.6 is 11.3 Å². The van der Waals surface area contributed by atoms with Gasteiger partial charge in [0.2, 0.25) is 0 Å². The number of hydrogen-bond donors (Lipinski definition) is 1. The fraction of sp³-hybridized carbons (Fsp3) is 0.250. The lowest BCUT2D eigenvalue weighted by atomic mass is 10.1. The summed E-state index contributed by atoms with van der Waals surface area (Å²) in [6.45, 7) is 0.119. The van der Waals surface area contributed by atoms with Crippen molar-refractivity contribution >= 4 is 11.3 Å². The van der Waals surface area contributed by atoms with Crippen LogP contribution in [0.2, 0.25) is 0 Å². The number of thiazole rings is 1. The summed E-state index contributed by atoms with van der Waals surface area (Å²) in [5.74, 6) is -0.196. The van der Waals surface area contributed by atoms with E-state index in [4.69, 9.17) is 10.5 Å². The van der Waals surface area contributed by atoms with Crippen LogP contribution in [0.4, 0.5) is 13.2 Å². The quantitative estimate of drug-likeness (QED) is 0.940. The van der Waals surface area contributed by atoms with Gasteiger partial charge in [-0.15, -0.1) is 11.3 Å². The second-order valence-electron chi connectivity index (χ2n) is 3.79. The summed E-state index contributed by atoms with van der Waals surface area (Å²) in [4.78, 5) is 4.59. The topological polar surface area (TPSA) is 48.1 Å². The van der Waals surface area contributed by atoms with Gasteiger partial charge in [-0.25, -0.2) is 0 Å². The van der Waals surface area contributed by atoms with Crippen molar-refractivity contribution in [1.82, 2.24) is 4.98 Å². The van der Waals surface area contributed by atoms with E-state index in [0.29, 0.717) is 5.56 Å². The zero-order valence-electron chi connectivity index (χ0n) is 9.78. The monoisotopic (exact) mass is 288 g/mol. The normalized spacial score (nSPS) is 11.6. The van der Waals surface area contributed by atoms with Crippen molar-refractivity contribution in [3.8, 4) is 5.75 Å². The van der Waals surface area contributed by atoms with Gasteiger partial charge in [0.1, 0.15) is 12.4 Å². The minimum atomic E-state index is -4.46. The van der Waals surface area contributed by atoms with Gasteiger partial charge in [-0.05, 0) is 17.7 Å². The largest absolute Gasteiger partial charge is 0.487 e. The van der Waals surface area contributed by atoms with Crippen LogP contribution in [-0.2, 0) is 19.3 Å². The zero-order chi connectivity index (χ0) is 13.9. The number of nitrogens with zero attached hydrogens (tertiary/aromatic N) is 1. The molecule has 0 aliphatic carbocycles. The molecule has 0 atom stereocenters. The fourth-order valence-corrected chi connectivity index (χ4v) is 2.02. The number of aromatic nitrogens is 1. The van der Waals surface area contributed by atoms with Crippen LogP contribution in [0.3, 0.4) is 0 Å². The number of benzene rings is 1. The number of alkyl halides is 3. The number of rotatable bonds is 4. The second kappa shape index (κ2) is 5.58. The highest BCUT2D eigenvalue weighted by atomic mass is 32.1. The molecule has 0 saturated heterocycles. The van der Waals surface area contributed by atoms with Crippen molar-refractivity contribution < 1.29 is 17.9 Å². The molecule has 0 aliphatic heterocycles. The van der Waals surface area contributed by atoms with Crippen LogP contribution in [0.1, 0.15) is 16.0 Å². The highest BCUT2D eigenvalue weighted by Gasteiger charge is 2.34. The Bertz CT molecular complexity index is 540. The molecule has 19 heavy (non-hydrogen) atoms. The number of nitrogens with two attached hydrogens (primary N) is 1. The van der Waals surface area contributed by atoms with Crippen LogP contribution in [0.15, 0.2) is 29.9 Å². The molecule has 0 amide bonds. The first-order valence-corrected chi connectivity index (χ1v) is 6.29. The van der Waals surface area contributed by atoms with Crippen LogP contribution in [-0.4, -0.2) is 4.98 Å². The van der Waals surface area contributed by atoms with E-state index in [1.165, 1.54) is 23.5 Å². The average molecular weight is 288 g/mol. The first kappa shape index (κ1) is 13.8. The summed E-state index contributed by atoms with van der Waals surface area (Å²) < 4.78 is 43.9. The molecule has 1 aromatic carbocycles. The minimum absolute atomic E-state index is 0.0538. The maximum Gasteiger partial charge on any atom is 0.419 e. The van der Waals surface area contributed by atoms with Crippen LogP contribution in [0.25, 0.3) is 0 Å². The molecule has 2 aromatic rings. The summed E-state index contributed by atoms with van der Waals surface area (Å²) in [6.07, 6.45) is -2.90. The molecule has 0 bridgehead atoms. The molecule has 0 fully saturated rings. The number of hydrogen-bond acceptors (Lipinski definition) is 4. The van der Waals surface area contributed by atoms with Crippen molar-refractivity contribution in [3.05, 3.63) is 45.9 Å². The Labute approximate surface area is 111 Å². The van der Waals surface area contributed by atoms with E-state index in [9.17, 15) is 13.2 Å². The Kier molecular flexibility index (Phi) is 4.06. The van der Waals surface area contributed by atoms with Crippen LogP contribution < -0.4 is 10.5 Å². The van der Waals surface area contributed by atoms with Gasteiger partial charge < -0.3 is 10.5 Å². The molecule has 0 saturated carbocycles. The zero-order valence-corrected chi connectivity index (χ0v) is 10.6. The number of ether oxygens (including phenoxy) is 1. The summed E-state index contributed by atoms with van der Waals surface area (Å²) in [5.41, 5.74) is 6.56. The lowest BCUT2D eigenvalue weighted by Gasteiger charge is -2.14. The Morgan fingerprint density at radius 2 is 2.11 bits per heavy atom. The van der Waals surface area contributed by atoms with Gasteiger partial charge in [0, 0.05) is 12.7 Å². The second-order valence-corrected chi connectivity index (χ2v) is 4.76. The lowest BCUT2D eigenvalue weighted by Crippen LogP contribution is -2.10. The molecular weight excluding hydrogens is 277 g/mol. The number of halogens is 3. The summed E-state index contributed by atoms with van der Waals surface area (Å²) in [7, 11) is 0. The smallest absolute Gasteiger partial charge is 0.419 e. The van der Waals surface area contributed by atoms with Gasteiger partial charge in [0.05, 0.1) is 16.0 Å². The molecule has 1 aromatic heterocycles. The molecule has 3 nitrogen and oxygen atoms in total. The summed E-state index contributed by atoms with van der Waals surface area (Å²) in [5, 5.41) is 0. The van der Waals surface area contributed by atoms with E-state index in [1.54, 1.807) is 11.7 Å². The van der Waals surface area contributed by atoms with Gasteiger partial charge in [0.15, 0.2) is 0 Å². The van der Waals surface area contributed by atoms with Crippen molar-refractivity contribution in [3.63, 3.8) is 0 Å². The molecule has 7 heteroatoms. The molecule has 2 rings (SSSR count). The summed E-state index contributed by atoms with van der Waals surface area (Å²) >= 11 is 1.33. The molecule has 1 heterocycles. The third-order valence-electron chi connectivity index (χ3n) is 2.44. The molecule has 2 N–H and O–H groups in total. The third-order valence-corrected chi connectivity index (χ3v) is 3.19. The SMILES string of the molecule is NCc1ccc(OCc2cncs2)c(C(F)(F)F)c1. The first-order chi connectivity index (χ1) is 9.00. The van der Waals surface area contributed by atoms with Gasteiger partial charge in [-0.2, -0.15) is 13.2 Å². The van der Waals surface area contributed by atoms with Crippen molar-refractivity contribution in [2.75, 3.05) is 0 Å². The highest BCUT2D eigenvalue weighted by molar-refractivity contribution is 7.09. The molecular formula is C12H11F3N2OS. The predicted molar refractivity (Wildman–Crippen MR) is 65.8 cm³/mol. The van der Waals surface area contributed by atoms with Gasteiger partial charge in [0.25, 0.3) is 0 Å². The van der Waals surface area contributed by atoms with Crippen LogP contribution in [0, 0.1) is 0 Å². The van der Waals surface area contributed by atoms with Gasteiger partial charge in [-0.3, -0.25) is 4.98 Å². The lowest BCUT2D eigenvalue weighted by molar-refractivity contribution is -0.139. The fourth-order valence-electron chi connectivity index (χ4n) is 1.51. The van der Waals surface area contributed by atoms with Crippen molar-refractivity contribution in [2.24, 2.45) is 5.73 Å². The Morgan fingerprint density at radius 3 is 2.68 bits per heavy atom. The van der Waals surface area contributed by atoms with Gasteiger partial charge in [-0.1, -0.05) is 6.07 Å². The van der Waals surface area contributed by atoms with Gasteiger partial charge >= 0.3 is 6.18 Å². The standard InChI is InChI=1S/C12H11F3N2OS/c13-12(14,15)10-3-8(4-16)1-2-11(10)18-6-9-5-17-7-19-9/h1-3,5,7H,4,6,16H2. The minimum Gasteiger partial charge on any atom is -0.487 e. The molecule has 0 radical (unpaired) electrons. The van der Waals surface area contributed by atoms with E-state index >= 15 is 0 Å². The van der Waals surface area contributed by atoms with E-state index in [2.05, 4.69) is 4.98 Å². The Hall–Kier alpha value is -1.60. The summed E-state index contributed by atoms with van der Waals surface area (Å²) in [6, 6.07) is 3.84. The first-order valence-electron chi connectivity index (χ1n) is 5.41. The molecule has 0 unspecified atom stereocenters. The van der Waals surface area contributed by atoms with Crippen LogP contribution in [0.5, 0.6) is 5.75 Å².